The summed E-state index contributed by atoms with van der Waals surface area (Å²) in [5, 5.41) is 2.74. The fraction of sp³-hybridized carbons (Fsp3) is 0. The monoisotopic (exact) mass is 348 g/mol. The topological polar surface area (TPSA) is 72.2 Å². The van der Waals surface area contributed by atoms with E-state index in [1.54, 1.807) is 41.7 Å². The van der Waals surface area contributed by atoms with Crippen molar-refractivity contribution in [3.63, 3.8) is 0 Å². The largest absolute Gasteiger partial charge is 0.366 e. The molecule has 3 rings (SSSR count). The molecule has 5 heteroatoms. The third kappa shape index (κ3) is 4.43. The van der Waals surface area contributed by atoms with E-state index < -0.39 is 5.91 Å². The molecule has 0 saturated carbocycles. The molecule has 124 valence electrons. The van der Waals surface area contributed by atoms with Crippen LogP contribution in [0.5, 0.6) is 0 Å². The second-order valence-corrected chi connectivity index (χ2v) is 6.45. The molecule has 1 aromatic heterocycles. The van der Waals surface area contributed by atoms with Gasteiger partial charge in [-0.25, -0.2) is 0 Å². The van der Waals surface area contributed by atoms with Crippen molar-refractivity contribution >= 4 is 34.9 Å². The van der Waals surface area contributed by atoms with Crippen LogP contribution in [0.4, 0.5) is 5.69 Å². The van der Waals surface area contributed by atoms with Crippen LogP contribution in [0.1, 0.15) is 15.2 Å². The molecule has 3 N–H and O–H groups in total. The summed E-state index contributed by atoms with van der Waals surface area (Å²) in [6, 6.07) is 20.6. The Labute approximate surface area is 149 Å². The van der Waals surface area contributed by atoms with Crippen LogP contribution in [0, 0.1) is 0 Å². The summed E-state index contributed by atoms with van der Waals surface area (Å²) in [5.41, 5.74) is 7.35. The van der Waals surface area contributed by atoms with Gasteiger partial charge in [-0.2, -0.15) is 0 Å². The summed E-state index contributed by atoms with van der Waals surface area (Å²) in [6.07, 6.45) is 3.27. The minimum Gasteiger partial charge on any atom is -0.366 e. The van der Waals surface area contributed by atoms with Gasteiger partial charge in [-0.05, 0) is 48.0 Å². The van der Waals surface area contributed by atoms with Gasteiger partial charge in [0.1, 0.15) is 0 Å². The van der Waals surface area contributed by atoms with Crippen molar-refractivity contribution in [2.45, 2.75) is 0 Å². The maximum atomic E-state index is 12.0. The van der Waals surface area contributed by atoms with Gasteiger partial charge in [-0.15, -0.1) is 11.3 Å². The Kier molecular flexibility index (Phi) is 5.06. The van der Waals surface area contributed by atoms with Crippen LogP contribution < -0.4 is 11.1 Å². The number of nitrogens with one attached hydrogen (secondary N) is 1. The zero-order valence-electron chi connectivity index (χ0n) is 13.3. The molecule has 0 fully saturated rings. The molecule has 2 aromatic carbocycles. The summed E-state index contributed by atoms with van der Waals surface area (Å²) in [7, 11) is 0. The Morgan fingerprint density at radius 2 is 1.64 bits per heavy atom. The minimum absolute atomic E-state index is 0.235. The van der Waals surface area contributed by atoms with Gasteiger partial charge in [-0.3, -0.25) is 9.59 Å². The average Bonchev–Trinajstić information content (AvgIpc) is 3.10. The van der Waals surface area contributed by atoms with Crippen molar-refractivity contribution < 1.29 is 9.59 Å². The lowest BCUT2D eigenvalue weighted by Gasteiger charge is -2.02. The number of carbonyl (C=O) groups is 2. The number of thiophene rings is 1. The highest BCUT2D eigenvalue weighted by molar-refractivity contribution is 7.16. The molecule has 0 saturated heterocycles. The number of nitrogens with two attached hydrogens (primary N) is 1. The van der Waals surface area contributed by atoms with Crippen LogP contribution in [0.2, 0.25) is 0 Å². The molecular weight excluding hydrogens is 332 g/mol. The number of carbonyl (C=O) groups excluding carboxylic acids is 2. The molecule has 0 radical (unpaired) electrons. The summed E-state index contributed by atoms with van der Waals surface area (Å²) < 4.78 is 0. The van der Waals surface area contributed by atoms with Gasteiger partial charge in [0.2, 0.25) is 11.8 Å². The number of anilines is 1. The van der Waals surface area contributed by atoms with E-state index in [4.69, 9.17) is 5.73 Å². The van der Waals surface area contributed by atoms with E-state index in [1.807, 2.05) is 30.3 Å². The van der Waals surface area contributed by atoms with E-state index in [-0.39, 0.29) is 5.91 Å². The van der Waals surface area contributed by atoms with Crippen molar-refractivity contribution in [2.24, 2.45) is 5.73 Å². The number of rotatable bonds is 5. The average molecular weight is 348 g/mol. The Morgan fingerprint density at radius 1 is 0.920 bits per heavy atom. The van der Waals surface area contributed by atoms with Crippen LogP contribution in [-0.2, 0) is 4.79 Å². The number of primary amides is 1. The molecule has 1 heterocycles. The minimum atomic E-state index is -0.496. The van der Waals surface area contributed by atoms with Gasteiger partial charge in [0, 0.05) is 27.1 Å². The van der Waals surface area contributed by atoms with Gasteiger partial charge in [0.05, 0.1) is 0 Å². The van der Waals surface area contributed by atoms with Crippen LogP contribution in [0.3, 0.4) is 0 Å². The van der Waals surface area contributed by atoms with E-state index in [9.17, 15) is 9.59 Å². The highest BCUT2D eigenvalue weighted by Gasteiger charge is 2.03. The first-order valence-corrected chi connectivity index (χ1v) is 8.48. The van der Waals surface area contributed by atoms with Crippen LogP contribution in [-0.4, -0.2) is 11.8 Å². The van der Waals surface area contributed by atoms with Crippen LogP contribution in [0.25, 0.3) is 16.5 Å². The molecule has 25 heavy (non-hydrogen) atoms. The van der Waals surface area contributed by atoms with Gasteiger partial charge >= 0.3 is 0 Å². The van der Waals surface area contributed by atoms with Crippen LogP contribution >= 0.6 is 11.3 Å². The fourth-order valence-corrected chi connectivity index (χ4v) is 3.18. The van der Waals surface area contributed by atoms with Crippen molar-refractivity contribution in [1.82, 2.24) is 0 Å². The Hall–Kier alpha value is -3.18. The molecule has 2 amide bonds. The maximum absolute atomic E-state index is 12.0. The standard InChI is InChI=1S/C20H16N2O2S/c21-20(24)15-6-8-16(9-7-15)22-19(23)13-11-17-10-12-18(25-17)14-4-2-1-3-5-14/h1-13H,(H2,21,24)(H,22,23)/b13-11+. The third-order valence-electron chi connectivity index (χ3n) is 3.52. The second-order valence-electron chi connectivity index (χ2n) is 5.33. The van der Waals surface area contributed by atoms with Gasteiger partial charge in [0.25, 0.3) is 0 Å². The van der Waals surface area contributed by atoms with Crippen molar-refractivity contribution in [3.8, 4) is 10.4 Å². The molecule has 4 nitrogen and oxygen atoms in total. The zero-order valence-corrected chi connectivity index (χ0v) is 14.1. The fourth-order valence-electron chi connectivity index (χ4n) is 2.26. The quantitative estimate of drug-likeness (QED) is 0.679. The van der Waals surface area contributed by atoms with E-state index in [0.717, 1.165) is 15.3 Å². The zero-order chi connectivity index (χ0) is 17.6. The highest BCUT2D eigenvalue weighted by atomic mass is 32.1. The molecule has 0 aliphatic rings. The predicted molar refractivity (Wildman–Crippen MR) is 102 cm³/mol. The molecule has 0 unspecified atom stereocenters. The summed E-state index contributed by atoms with van der Waals surface area (Å²) in [4.78, 5) is 25.2. The van der Waals surface area contributed by atoms with Gasteiger partial charge in [-0.1, -0.05) is 30.3 Å². The lowest BCUT2D eigenvalue weighted by molar-refractivity contribution is -0.111. The predicted octanol–water partition coefficient (Wildman–Crippen LogP) is 4.17. The Morgan fingerprint density at radius 3 is 2.32 bits per heavy atom. The molecule has 0 bridgehead atoms. The molecule has 0 aliphatic heterocycles. The first-order chi connectivity index (χ1) is 12.1. The molecular formula is C20H16N2O2S. The number of hydrogen-bond donors (Lipinski definition) is 2. The second kappa shape index (κ2) is 7.59. The smallest absolute Gasteiger partial charge is 0.248 e. The van der Waals surface area contributed by atoms with Gasteiger partial charge in [0.15, 0.2) is 0 Å². The van der Waals surface area contributed by atoms with E-state index in [1.165, 1.54) is 6.08 Å². The van der Waals surface area contributed by atoms with Crippen molar-refractivity contribution in [1.29, 1.82) is 0 Å². The number of hydrogen-bond acceptors (Lipinski definition) is 3. The normalized spacial score (nSPS) is 10.7. The molecule has 0 atom stereocenters. The lowest BCUT2D eigenvalue weighted by Crippen LogP contribution is -2.11. The SMILES string of the molecule is NC(=O)c1ccc(NC(=O)/C=C/c2ccc(-c3ccccc3)s2)cc1. The highest BCUT2D eigenvalue weighted by Crippen LogP contribution is 2.28. The molecule has 0 aliphatic carbocycles. The first kappa shape index (κ1) is 16.7. The summed E-state index contributed by atoms with van der Waals surface area (Å²) >= 11 is 1.62. The van der Waals surface area contributed by atoms with Crippen molar-refractivity contribution in [3.05, 3.63) is 83.2 Å². The Bertz CT molecular complexity index is 912. The summed E-state index contributed by atoms with van der Waals surface area (Å²) in [6.45, 7) is 0. The van der Waals surface area contributed by atoms with E-state index in [0.29, 0.717) is 11.3 Å². The van der Waals surface area contributed by atoms with Crippen LogP contribution in [0.15, 0.2) is 72.8 Å². The van der Waals surface area contributed by atoms with Gasteiger partial charge < -0.3 is 11.1 Å². The number of amides is 2. The lowest BCUT2D eigenvalue weighted by atomic mass is 10.2. The third-order valence-corrected chi connectivity index (χ3v) is 4.62. The van der Waals surface area contributed by atoms with Crippen molar-refractivity contribution in [2.75, 3.05) is 5.32 Å². The molecule has 3 aromatic rings. The van der Waals surface area contributed by atoms with E-state index >= 15 is 0 Å². The maximum Gasteiger partial charge on any atom is 0.248 e. The molecule has 0 spiro atoms. The Balaban J connectivity index is 1.63. The summed E-state index contributed by atoms with van der Waals surface area (Å²) in [5.74, 6) is -0.730. The van der Waals surface area contributed by atoms with E-state index in [2.05, 4.69) is 17.4 Å². The first-order valence-electron chi connectivity index (χ1n) is 7.66. The number of benzene rings is 2.